The molecule has 106 valence electrons. The number of piperidine rings is 1. The number of carbonyl (C=O) groups excluding carboxylic acids is 3. The number of nitrogens with one attached hydrogen (secondary N) is 1. The molecule has 0 bridgehead atoms. The molecule has 1 unspecified atom stereocenters. The van der Waals surface area contributed by atoms with E-state index in [1.54, 1.807) is 19.1 Å². The lowest BCUT2D eigenvalue weighted by atomic mass is 10.0. The molecule has 3 amide bonds. The lowest BCUT2D eigenvalue weighted by Gasteiger charge is -2.29. The second-order valence-corrected chi connectivity index (χ2v) is 5.11. The number of rotatable bonds is 1. The topological polar surface area (TPSA) is 66.5 Å². The number of benzene rings is 1. The minimum absolute atomic E-state index is 0.167. The predicted molar refractivity (Wildman–Crippen MR) is 75.0 cm³/mol. The predicted octanol–water partition coefficient (Wildman–Crippen LogP) is 0.819. The molecule has 1 aromatic rings. The third kappa shape index (κ3) is 2.19. The Hall–Kier alpha value is -2.61. The van der Waals surface area contributed by atoms with Gasteiger partial charge in [-0.05, 0) is 31.0 Å². The van der Waals surface area contributed by atoms with Gasteiger partial charge in [0.15, 0.2) is 0 Å². The average molecular weight is 282 g/mol. The molecular formula is C16H14N2O3. The van der Waals surface area contributed by atoms with Gasteiger partial charge in [-0.3, -0.25) is 19.7 Å². The number of hydrogen-bond acceptors (Lipinski definition) is 3. The highest BCUT2D eigenvalue weighted by Crippen LogP contribution is 2.29. The molecule has 1 fully saturated rings. The first-order valence-corrected chi connectivity index (χ1v) is 6.81. The molecule has 1 atom stereocenters. The van der Waals surface area contributed by atoms with E-state index in [9.17, 15) is 14.4 Å². The van der Waals surface area contributed by atoms with Crippen molar-refractivity contribution in [2.45, 2.75) is 32.4 Å². The Balaban J connectivity index is 1.93. The lowest BCUT2D eigenvalue weighted by molar-refractivity contribution is -0.136. The fourth-order valence-corrected chi connectivity index (χ4v) is 2.84. The van der Waals surface area contributed by atoms with Crippen LogP contribution in [0.25, 0.3) is 0 Å². The Morgan fingerprint density at radius 2 is 2.10 bits per heavy atom. The minimum Gasteiger partial charge on any atom is -0.322 e. The van der Waals surface area contributed by atoms with E-state index in [1.807, 2.05) is 6.07 Å². The number of hydrogen-bond donors (Lipinski definition) is 1. The van der Waals surface area contributed by atoms with Crippen LogP contribution in [0, 0.1) is 11.8 Å². The second-order valence-electron chi connectivity index (χ2n) is 5.11. The smallest absolute Gasteiger partial charge is 0.255 e. The second kappa shape index (κ2) is 5.06. The molecule has 3 rings (SSSR count). The normalized spacial score (nSPS) is 20.7. The molecule has 0 aliphatic carbocycles. The van der Waals surface area contributed by atoms with Crippen LogP contribution in [0.1, 0.15) is 41.3 Å². The Labute approximate surface area is 122 Å². The summed E-state index contributed by atoms with van der Waals surface area (Å²) >= 11 is 0. The maximum Gasteiger partial charge on any atom is 0.255 e. The molecule has 21 heavy (non-hydrogen) atoms. The van der Waals surface area contributed by atoms with E-state index >= 15 is 0 Å². The molecule has 0 saturated carbocycles. The number of amides is 3. The van der Waals surface area contributed by atoms with E-state index in [2.05, 4.69) is 17.2 Å². The van der Waals surface area contributed by atoms with Crippen molar-refractivity contribution in [1.29, 1.82) is 0 Å². The first kappa shape index (κ1) is 13.4. The van der Waals surface area contributed by atoms with Crippen LogP contribution < -0.4 is 5.32 Å². The maximum absolute atomic E-state index is 12.5. The lowest BCUT2D eigenvalue weighted by Crippen LogP contribution is -2.52. The van der Waals surface area contributed by atoms with E-state index in [1.165, 1.54) is 4.90 Å². The zero-order valence-electron chi connectivity index (χ0n) is 11.6. The largest absolute Gasteiger partial charge is 0.322 e. The summed E-state index contributed by atoms with van der Waals surface area (Å²) in [7, 11) is 0. The van der Waals surface area contributed by atoms with E-state index in [0.717, 1.165) is 11.1 Å². The highest BCUT2D eigenvalue weighted by atomic mass is 16.2. The molecular weight excluding hydrogens is 268 g/mol. The van der Waals surface area contributed by atoms with Crippen LogP contribution >= 0.6 is 0 Å². The Kier molecular flexibility index (Phi) is 3.22. The van der Waals surface area contributed by atoms with Crippen LogP contribution in [-0.4, -0.2) is 28.7 Å². The molecule has 2 heterocycles. The highest BCUT2D eigenvalue weighted by molar-refractivity contribution is 6.05. The summed E-state index contributed by atoms with van der Waals surface area (Å²) in [6, 6.07) is 4.84. The van der Waals surface area contributed by atoms with Crippen LogP contribution in [0.3, 0.4) is 0 Å². The van der Waals surface area contributed by atoms with Gasteiger partial charge in [0, 0.05) is 24.1 Å². The highest BCUT2D eigenvalue weighted by Gasteiger charge is 2.39. The molecule has 0 radical (unpaired) electrons. The first-order valence-electron chi connectivity index (χ1n) is 6.81. The number of imide groups is 1. The van der Waals surface area contributed by atoms with Crippen LogP contribution in [0.2, 0.25) is 0 Å². The number of nitrogens with zero attached hydrogens (tertiary/aromatic N) is 1. The molecule has 0 spiro atoms. The molecule has 2 aliphatic heterocycles. The van der Waals surface area contributed by atoms with Gasteiger partial charge < -0.3 is 4.90 Å². The van der Waals surface area contributed by atoms with E-state index < -0.39 is 11.9 Å². The van der Waals surface area contributed by atoms with Crippen molar-refractivity contribution in [3.8, 4) is 11.8 Å². The molecule has 1 saturated heterocycles. The van der Waals surface area contributed by atoms with E-state index in [-0.39, 0.29) is 18.2 Å². The van der Waals surface area contributed by atoms with Crippen molar-refractivity contribution in [2.24, 2.45) is 0 Å². The molecule has 1 N–H and O–H groups in total. The zero-order valence-corrected chi connectivity index (χ0v) is 11.6. The average Bonchev–Trinajstić information content (AvgIpc) is 2.78. The van der Waals surface area contributed by atoms with Gasteiger partial charge >= 0.3 is 0 Å². The van der Waals surface area contributed by atoms with Gasteiger partial charge in [-0.1, -0.05) is 12.0 Å². The summed E-state index contributed by atoms with van der Waals surface area (Å²) in [6.07, 6.45) is 0.636. The van der Waals surface area contributed by atoms with Gasteiger partial charge in [0.05, 0.1) is 0 Å². The monoisotopic (exact) mass is 282 g/mol. The summed E-state index contributed by atoms with van der Waals surface area (Å²) in [5.74, 6) is 4.98. The maximum atomic E-state index is 12.5. The van der Waals surface area contributed by atoms with Gasteiger partial charge in [0.2, 0.25) is 11.8 Å². The minimum atomic E-state index is -0.579. The fraction of sp³-hybridized carbons (Fsp3) is 0.312. The SMILES string of the molecule is CC#Cc1cccc2c1CN(C1CCC(=O)NC1=O)C2=O. The quantitative estimate of drug-likeness (QED) is 0.612. The summed E-state index contributed by atoms with van der Waals surface area (Å²) in [5.41, 5.74) is 2.28. The first-order chi connectivity index (χ1) is 10.1. The van der Waals surface area contributed by atoms with E-state index in [0.29, 0.717) is 18.5 Å². The van der Waals surface area contributed by atoms with Crippen molar-refractivity contribution in [2.75, 3.05) is 0 Å². The summed E-state index contributed by atoms with van der Waals surface area (Å²) < 4.78 is 0. The van der Waals surface area contributed by atoms with Crippen molar-refractivity contribution in [1.82, 2.24) is 10.2 Å². The molecule has 1 aromatic carbocycles. The molecule has 0 aromatic heterocycles. The molecule has 5 nitrogen and oxygen atoms in total. The Morgan fingerprint density at radius 1 is 1.29 bits per heavy atom. The van der Waals surface area contributed by atoms with Crippen LogP contribution in [0.4, 0.5) is 0 Å². The Morgan fingerprint density at radius 3 is 2.81 bits per heavy atom. The fourth-order valence-electron chi connectivity index (χ4n) is 2.84. The van der Waals surface area contributed by atoms with E-state index in [4.69, 9.17) is 0 Å². The van der Waals surface area contributed by atoms with Crippen molar-refractivity contribution < 1.29 is 14.4 Å². The van der Waals surface area contributed by atoms with Crippen molar-refractivity contribution >= 4 is 17.7 Å². The third-order valence-corrected chi connectivity index (χ3v) is 3.84. The molecule has 5 heteroatoms. The van der Waals surface area contributed by atoms with Crippen molar-refractivity contribution in [3.05, 3.63) is 34.9 Å². The van der Waals surface area contributed by atoms with Gasteiger partial charge in [-0.25, -0.2) is 0 Å². The number of carbonyl (C=O) groups is 3. The standard InChI is InChI=1S/C16H14N2O3/c1-2-4-10-5-3-6-11-12(10)9-18(16(11)21)13-7-8-14(19)17-15(13)20/h3,5-6,13H,7-9H2,1H3,(H,17,19,20). The van der Waals surface area contributed by atoms with Gasteiger partial charge in [0.1, 0.15) is 6.04 Å². The van der Waals surface area contributed by atoms with Crippen molar-refractivity contribution in [3.63, 3.8) is 0 Å². The third-order valence-electron chi connectivity index (χ3n) is 3.84. The summed E-state index contributed by atoms with van der Waals surface area (Å²) in [5, 5.41) is 2.29. The molecule has 2 aliphatic rings. The van der Waals surface area contributed by atoms with Crippen LogP contribution in [-0.2, 0) is 16.1 Å². The van der Waals surface area contributed by atoms with Crippen LogP contribution in [0.5, 0.6) is 0 Å². The summed E-state index contributed by atoms with van der Waals surface area (Å²) in [6.45, 7) is 2.11. The van der Waals surface area contributed by atoms with Crippen LogP contribution in [0.15, 0.2) is 18.2 Å². The summed E-state index contributed by atoms with van der Waals surface area (Å²) in [4.78, 5) is 37.2. The number of fused-ring (bicyclic) bond motifs is 1. The van der Waals surface area contributed by atoms with Gasteiger partial charge in [-0.2, -0.15) is 0 Å². The van der Waals surface area contributed by atoms with Gasteiger partial charge in [-0.15, -0.1) is 5.92 Å². The Bertz CT molecular complexity index is 712. The zero-order chi connectivity index (χ0) is 15.0. The van der Waals surface area contributed by atoms with Gasteiger partial charge in [0.25, 0.3) is 5.91 Å².